The third-order valence-electron chi connectivity index (χ3n) is 6.17. The largest absolute Gasteiger partial charge is 0.493 e. The summed E-state index contributed by atoms with van der Waals surface area (Å²) in [5, 5.41) is 16.8. The Morgan fingerprint density at radius 2 is 2.00 bits per heavy atom. The van der Waals surface area contributed by atoms with Crippen LogP contribution in [0, 0.1) is 6.92 Å². The predicted molar refractivity (Wildman–Crippen MR) is 108 cm³/mol. The van der Waals surface area contributed by atoms with Crippen LogP contribution >= 0.6 is 0 Å². The first kappa shape index (κ1) is 17.1. The van der Waals surface area contributed by atoms with Crippen molar-refractivity contribution in [2.45, 2.75) is 25.4 Å². The van der Waals surface area contributed by atoms with Crippen LogP contribution in [0.1, 0.15) is 40.4 Å². The van der Waals surface area contributed by atoms with Gasteiger partial charge in [0.05, 0.1) is 17.8 Å². The summed E-state index contributed by atoms with van der Waals surface area (Å²) < 4.78 is 8.02. The van der Waals surface area contributed by atoms with E-state index in [1.807, 2.05) is 42.5 Å². The molecule has 1 fully saturated rings. The number of fused-ring (bicyclic) bond motifs is 6. The zero-order valence-corrected chi connectivity index (χ0v) is 16.1. The predicted octanol–water partition coefficient (Wildman–Crippen LogP) is 2.94. The normalized spacial score (nSPS) is 19.6. The Balaban J connectivity index is 1.49. The lowest BCUT2D eigenvalue weighted by molar-refractivity contribution is 0.0700. The molecule has 2 aliphatic heterocycles. The van der Waals surface area contributed by atoms with Gasteiger partial charge < -0.3 is 14.5 Å². The van der Waals surface area contributed by atoms with Crippen LogP contribution in [0.5, 0.6) is 5.88 Å². The number of imidazole rings is 1. The zero-order chi connectivity index (χ0) is 20.6. The number of aromatic hydroxyl groups is 1. The van der Waals surface area contributed by atoms with Crippen molar-refractivity contribution < 1.29 is 14.4 Å². The molecule has 2 aliphatic rings. The minimum atomic E-state index is -0.372. The lowest BCUT2D eigenvalue weighted by Crippen LogP contribution is -2.38. The maximum Gasteiger partial charge on any atom is 0.336 e. The summed E-state index contributed by atoms with van der Waals surface area (Å²) in [6.07, 6.45) is 0.608. The summed E-state index contributed by atoms with van der Waals surface area (Å²) in [4.78, 5) is 27.9. The van der Waals surface area contributed by atoms with Crippen LogP contribution in [-0.2, 0) is 0 Å². The summed E-state index contributed by atoms with van der Waals surface area (Å²) in [5.41, 5.74) is 1.07. The summed E-state index contributed by atoms with van der Waals surface area (Å²) in [7, 11) is 0. The molecule has 2 aromatic carbocycles. The SMILES string of the molecule is Cc1cc(C(=O)N2C[C@@H]3C[C@H]2c2c(O)n(-c4cccc5ccccc45)c(=O)n23)no1. The van der Waals surface area contributed by atoms with E-state index in [1.54, 1.807) is 22.5 Å². The number of aromatic nitrogens is 3. The van der Waals surface area contributed by atoms with Crippen molar-refractivity contribution in [2.24, 2.45) is 0 Å². The molecule has 0 radical (unpaired) electrons. The van der Waals surface area contributed by atoms with Gasteiger partial charge in [-0.1, -0.05) is 41.6 Å². The molecule has 8 nitrogen and oxygen atoms in total. The number of likely N-dealkylation sites (tertiary alicyclic amines) is 1. The lowest BCUT2D eigenvalue weighted by Gasteiger charge is -2.26. The quantitative estimate of drug-likeness (QED) is 0.556. The Hall–Kier alpha value is -3.81. The minimum Gasteiger partial charge on any atom is -0.493 e. The molecule has 0 aliphatic carbocycles. The minimum absolute atomic E-state index is 0.113. The summed E-state index contributed by atoms with van der Waals surface area (Å²) in [6.45, 7) is 2.13. The van der Waals surface area contributed by atoms with E-state index in [-0.39, 0.29) is 35.3 Å². The van der Waals surface area contributed by atoms with Crippen molar-refractivity contribution in [1.82, 2.24) is 19.2 Å². The van der Waals surface area contributed by atoms with Gasteiger partial charge in [0.25, 0.3) is 5.91 Å². The van der Waals surface area contributed by atoms with Crippen molar-refractivity contribution in [3.8, 4) is 11.6 Å². The van der Waals surface area contributed by atoms with E-state index in [0.29, 0.717) is 30.1 Å². The Labute approximate surface area is 170 Å². The molecule has 150 valence electrons. The number of hydrogen-bond acceptors (Lipinski definition) is 5. The van der Waals surface area contributed by atoms with E-state index in [2.05, 4.69) is 5.16 Å². The van der Waals surface area contributed by atoms with E-state index in [9.17, 15) is 14.7 Å². The fraction of sp³-hybridized carbons (Fsp3) is 0.227. The van der Waals surface area contributed by atoms with Crippen molar-refractivity contribution in [1.29, 1.82) is 0 Å². The van der Waals surface area contributed by atoms with Crippen LogP contribution < -0.4 is 5.69 Å². The number of aryl methyl sites for hydroxylation is 1. The van der Waals surface area contributed by atoms with Crippen LogP contribution in [-0.4, -0.2) is 36.7 Å². The molecule has 1 N–H and O–H groups in total. The number of carbonyl (C=O) groups excluding carboxylic acids is 1. The third kappa shape index (κ3) is 2.13. The average molecular weight is 402 g/mol. The van der Waals surface area contributed by atoms with Crippen LogP contribution in [0.2, 0.25) is 0 Å². The Morgan fingerprint density at radius 1 is 1.20 bits per heavy atom. The topological polar surface area (TPSA) is 93.5 Å². The van der Waals surface area contributed by atoms with Crippen LogP contribution in [0.3, 0.4) is 0 Å². The fourth-order valence-corrected chi connectivity index (χ4v) is 4.91. The second-order valence-corrected chi connectivity index (χ2v) is 7.88. The highest BCUT2D eigenvalue weighted by atomic mass is 16.5. The Kier molecular flexibility index (Phi) is 3.33. The highest BCUT2D eigenvalue weighted by molar-refractivity contribution is 5.93. The second kappa shape index (κ2) is 5.85. The van der Waals surface area contributed by atoms with Crippen LogP contribution in [0.15, 0.2) is 57.8 Å². The molecule has 6 rings (SSSR count). The van der Waals surface area contributed by atoms with Gasteiger partial charge in [0.1, 0.15) is 11.5 Å². The maximum absolute atomic E-state index is 13.3. The molecule has 1 amide bonds. The smallest absolute Gasteiger partial charge is 0.336 e. The van der Waals surface area contributed by atoms with Crippen molar-refractivity contribution >= 4 is 16.7 Å². The average Bonchev–Trinajstić information content (AvgIpc) is 3.51. The number of rotatable bonds is 2. The summed E-state index contributed by atoms with van der Waals surface area (Å²) in [5.74, 6) is 0.192. The van der Waals surface area contributed by atoms with E-state index in [0.717, 1.165) is 10.8 Å². The first-order chi connectivity index (χ1) is 14.5. The van der Waals surface area contributed by atoms with Gasteiger partial charge in [-0.25, -0.2) is 9.36 Å². The summed E-state index contributed by atoms with van der Waals surface area (Å²) in [6, 6.07) is 14.4. The van der Waals surface area contributed by atoms with Crippen molar-refractivity contribution in [2.75, 3.05) is 6.54 Å². The zero-order valence-electron chi connectivity index (χ0n) is 16.1. The van der Waals surface area contributed by atoms with E-state index in [4.69, 9.17) is 4.52 Å². The highest BCUT2D eigenvalue weighted by Crippen LogP contribution is 2.49. The van der Waals surface area contributed by atoms with Gasteiger partial charge in [-0.05, 0) is 24.8 Å². The molecule has 30 heavy (non-hydrogen) atoms. The van der Waals surface area contributed by atoms with E-state index >= 15 is 0 Å². The van der Waals surface area contributed by atoms with E-state index in [1.165, 1.54) is 4.57 Å². The van der Waals surface area contributed by atoms with Crippen LogP contribution in [0.25, 0.3) is 16.5 Å². The number of nitrogens with zero attached hydrogens (tertiary/aromatic N) is 4. The molecule has 4 aromatic rings. The molecule has 0 spiro atoms. The number of amides is 1. The Morgan fingerprint density at radius 3 is 2.80 bits per heavy atom. The molecule has 4 heterocycles. The molecule has 2 atom stereocenters. The van der Waals surface area contributed by atoms with Gasteiger partial charge >= 0.3 is 5.69 Å². The number of carbonyl (C=O) groups is 1. The highest BCUT2D eigenvalue weighted by Gasteiger charge is 2.49. The first-order valence-corrected chi connectivity index (χ1v) is 9.83. The molecule has 2 aromatic heterocycles. The first-order valence-electron chi connectivity index (χ1n) is 9.83. The van der Waals surface area contributed by atoms with Gasteiger partial charge in [-0.3, -0.25) is 9.36 Å². The van der Waals surface area contributed by atoms with E-state index < -0.39 is 0 Å². The van der Waals surface area contributed by atoms with Gasteiger partial charge in [0.15, 0.2) is 5.69 Å². The van der Waals surface area contributed by atoms with Gasteiger partial charge in [0.2, 0.25) is 5.88 Å². The van der Waals surface area contributed by atoms with Crippen molar-refractivity contribution in [3.63, 3.8) is 0 Å². The molecule has 1 saturated heterocycles. The van der Waals surface area contributed by atoms with Crippen molar-refractivity contribution in [3.05, 3.63) is 76.2 Å². The molecular weight excluding hydrogens is 384 g/mol. The number of hydrogen-bond donors (Lipinski definition) is 1. The molecule has 2 bridgehead atoms. The number of benzene rings is 2. The second-order valence-electron chi connectivity index (χ2n) is 7.88. The fourth-order valence-electron chi connectivity index (χ4n) is 4.91. The third-order valence-corrected chi connectivity index (χ3v) is 6.17. The Bertz CT molecular complexity index is 1390. The molecule has 8 heteroatoms. The molecule has 0 saturated carbocycles. The van der Waals surface area contributed by atoms with Gasteiger partial charge in [0, 0.05) is 18.0 Å². The van der Waals surface area contributed by atoms with Gasteiger partial charge in [-0.15, -0.1) is 0 Å². The lowest BCUT2D eigenvalue weighted by atomic mass is 10.1. The summed E-state index contributed by atoms with van der Waals surface area (Å²) >= 11 is 0. The maximum atomic E-state index is 13.3. The molecular formula is C22H18N4O4. The molecule has 0 unspecified atom stereocenters. The van der Waals surface area contributed by atoms with Gasteiger partial charge in [-0.2, -0.15) is 0 Å². The van der Waals surface area contributed by atoms with Crippen LogP contribution in [0.4, 0.5) is 0 Å². The standard InChI is InChI=1S/C22H18N4O4/c1-12-9-16(23-30-12)20(27)24-11-14-10-18(24)19-21(28)26(22(29)25(14)19)17-8-4-6-13-5-2-3-7-15(13)17/h2-9,14,18,28H,10-11H2,1H3/t14-,18-/m0/s1. The monoisotopic (exact) mass is 402 g/mol.